The normalized spacial score (nSPS) is 10.4. The molecule has 1 amide bonds. The van der Waals surface area contributed by atoms with Gasteiger partial charge in [-0.3, -0.25) is 9.89 Å². The molecular weight excluding hydrogens is 226 g/mol. The molecule has 3 N–H and O–H groups in total. The van der Waals surface area contributed by atoms with E-state index in [9.17, 15) is 4.79 Å². The Morgan fingerprint density at radius 2 is 2.00 bits per heavy atom. The summed E-state index contributed by atoms with van der Waals surface area (Å²) in [5.74, 6) is -0.509. The van der Waals surface area contributed by atoms with E-state index in [1.165, 1.54) is 0 Å². The Bertz CT molecular complexity index is 531. The first-order valence-electron chi connectivity index (χ1n) is 4.70. The molecule has 0 fully saturated rings. The third-order valence-electron chi connectivity index (χ3n) is 2.37. The van der Waals surface area contributed by atoms with Crippen LogP contribution in [0.1, 0.15) is 16.1 Å². The molecule has 1 heterocycles. The number of hydrogen-bond acceptors (Lipinski definition) is 2. The molecule has 0 radical (unpaired) electrons. The number of nitrogens with one attached hydrogen (secondary N) is 1. The third-order valence-corrected chi connectivity index (χ3v) is 2.63. The Balaban J connectivity index is 2.49. The van der Waals surface area contributed by atoms with Gasteiger partial charge in [0.1, 0.15) is 5.69 Å². The van der Waals surface area contributed by atoms with Gasteiger partial charge in [0.2, 0.25) is 0 Å². The molecule has 0 atom stereocenters. The number of halogens is 1. The first-order valence-corrected chi connectivity index (χ1v) is 5.08. The van der Waals surface area contributed by atoms with Crippen LogP contribution in [-0.2, 0) is 0 Å². The first kappa shape index (κ1) is 10.7. The van der Waals surface area contributed by atoms with Crippen LogP contribution in [0.15, 0.2) is 24.3 Å². The van der Waals surface area contributed by atoms with E-state index in [0.29, 0.717) is 16.4 Å². The van der Waals surface area contributed by atoms with E-state index in [2.05, 4.69) is 10.2 Å². The van der Waals surface area contributed by atoms with Crippen LogP contribution in [0.25, 0.3) is 11.3 Å². The molecule has 1 aromatic heterocycles. The van der Waals surface area contributed by atoms with Crippen molar-refractivity contribution in [1.29, 1.82) is 0 Å². The minimum Gasteiger partial charge on any atom is -0.364 e. The van der Waals surface area contributed by atoms with Crippen LogP contribution >= 0.6 is 11.6 Å². The number of H-pyrrole nitrogens is 1. The quantitative estimate of drug-likeness (QED) is 0.837. The number of amides is 1. The first-order chi connectivity index (χ1) is 7.59. The van der Waals surface area contributed by atoms with Crippen LogP contribution in [0.3, 0.4) is 0 Å². The van der Waals surface area contributed by atoms with Gasteiger partial charge < -0.3 is 5.73 Å². The predicted octanol–water partition coefficient (Wildman–Crippen LogP) is 2.14. The van der Waals surface area contributed by atoms with Gasteiger partial charge in [-0.25, -0.2) is 0 Å². The number of rotatable bonds is 2. The molecule has 16 heavy (non-hydrogen) atoms. The van der Waals surface area contributed by atoms with Gasteiger partial charge in [-0.2, -0.15) is 5.10 Å². The number of carbonyl (C=O) groups excluding carboxylic acids is 1. The highest BCUT2D eigenvalue weighted by molar-refractivity contribution is 6.30. The third kappa shape index (κ3) is 1.79. The molecule has 5 heteroatoms. The van der Waals surface area contributed by atoms with Crippen molar-refractivity contribution < 1.29 is 4.79 Å². The summed E-state index contributed by atoms with van der Waals surface area (Å²) in [7, 11) is 0. The van der Waals surface area contributed by atoms with Crippen molar-refractivity contribution in [2.45, 2.75) is 6.92 Å². The molecule has 1 aromatic carbocycles. The van der Waals surface area contributed by atoms with E-state index in [1.807, 2.05) is 12.1 Å². The highest BCUT2D eigenvalue weighted by Gasteiger charge is 2.14. The second-order valence-electron chi connectivity index (χ2n) is 3.44. The van der Waals surface area contributed by atoms with Gasteiger partial charge in [-0.05, 0) is 19.1 Å². The topological polar surface area (TPSA) is 71.8 Å². The van der Waals surface area contributed by atoms with Gasteiger partial charge >= 0.3 is 0 Å². The van der Waals surface area contributed by atoms with Gasteiger partial charge in [0, 0.05) is 16.1 Å². The zero-order valence-corrected chi connectivity index (χ0v) is 9.38. The van der Waals surface area contributed by atoms with E-state index in [1.54, 1.807) is 19.1 Å². The Morgan fingerprint density at radius 3 is 2.50 bits per heavy atom. The fourth-order valence-electron chi connectivity index (χ4n) is 1.53. The minimum absolute atomic E-state index is 0.338. The molecule has 0 aliphatic heterocycles. The summed E-state index contributed by atoms with van der Waals surface area (Å²) >= 11 is 5.79. The molecule has 0 bridgehead atoms. The lowest BCUT2D eigenvalue weighted by molar-refractivity contribution is 0.0995. The number of aromatic amines is 1. The Hall–Kier alpha value is -1.81. The zero-order chi connectivity index (χ0) is 11.7. The second-order valence-corrected chi connectivity index (χ2v) is 3.88. The summed E-state index contributed by atoms with van der Waals surface area (Å²) in [6, 6.07) is 7.23. The van der Waals surface area contributed by atoms with E-state index in [-0.39, 0.29) is 0 Å². The van der Waals surface area contributed by atoms with E-state index in [4.69, 9.17) is 17.3 Å². The lowest BCUT2D eigenvalue weighted by Crippen LogP contribution is -2.12. The molecule has 82 valence electrons. The molecule has 4 nitrogen and oxygen atoms in total. The molecule has 0 saturated carbocycles. The summed E-state index contributed by atoms with van der Waals surface area (Å²) in [6.45, 7) is 1.80. The monoisotopic (exact) mass is 235 g/mol. The van der Waals surface area contributed by atoms with E-state index < -0.39 is 5.91 Å². The number of benzene rings is 1. The van der Waals surface area contributed by atoms with Crippen LogP contribution in [-0.4, -0.2) is 16.1 Å². The second kappa shape index (κ2) is 3.98. The Labute approximate surface area is 97.4 Å². The van der Waals surface area contributed by atoms with Gasteiger partial charge in [0.15, 0.2) is 0 Å². The minimum atomic E-state index is -0.509. The number of primary amides is 1. The van der Waals surface area contributed by atoms with Crippen LogP contribution in [0.2, 0.25) is 5.02 Å². The zero-order valence-electron chi connectivity index (χ0n) is 8.62. The van der Waals surface area contributed by atoms with Gasteiger partial charge in [0.05, 0.1) is 5.69 Å². The van der Waals surface area contributed by atoms with Crippen molar-refractivity contribution in [3.8, 4) is 11.3 Å². The summed E-state index contributed by atoms with van der Waals surface area (Å²) < 4.78 is 0. The molecule has 2 aromatic rings. The highest BCUT2D eigenvalue weighted by Crippen LogP contribution is 2.24. The molecule has 0 saturated heterocycles. The molecule has 0 aliphatic carbocycles. The van der Waals surface area contributed by atoms with Crippen molar-refractivity contribution in [3.63, 3.8) is 0 Å². The van der Waals surface area contributed by atoms with Crippen LogP contribution in [0, 0.1) is 6.92 Å². The standard InChI is InChI=1S/C11H10ClN3O/c1-6-9(14-15-10(6)11(13)16)7-2-4-8(12)5-3-7/h2-5H,1H3,(H2,13,16)(H,14,15). The summed E-state index contributed by atoms with van der Waals surface area (Å²) in [6.07, 6.45) is 0. The Morgan fingerprint density at radius 1 is 1.38 bits per heavy atom. The van der Waals surface area contributed by atoms with E-state index in [0.717, 1.165) is 11.1 Å². The number of hydrogen-bond donors (Lipinski definition) is 2. The number of carbonyl (C=O) groups is 1. The lowest BCUT2D eigenvalue weighted by Gasteiger charge is -1.98. The summed E-state index contributed by atoms with van der Waals surface area (Å²) in [5.41, 5.74) is 7.89. The fraction of sp³-hybridized carbons (Fsp3) is 0.0909. The maximum Gasteiger partial charge on any atom is 0.267 e. The fourth-order valence-corrected chi connectivity index (χ4v) is 1.65. The predicted molar refractivity (Wildman–Crippen MR) is 62.3 cm³/mol. The molecule has 0 spiro atoms. The summed E-state index contributed by atoms with van der Waals surface area (Å²) in [5, 5.41) is 7.36. The smallest absolute Gasteiger partial charge is 0.267 e. The molecular formula is C11H10ClN3O. The average molecular weight is 236 g/mol. The molecule has 0 unspecified atom stereocenters. The van der Waals surface area contributed by atoms with Crippen molar-refractivity contribution in [2.75, 3.05) is 0 Å². The highest BCUT2D eigenvalue weighted by atomic mass is 35.5. The number of aromatic nitrogens is 2. The van der Waals surface area contributed by atoms with Crippen molar-refractivity contribution in [2.24, 2.45) is 5.73 Å². The number of nitrogens with two attached hydrogens (primary N) is 1. The van der Waals surface area contributed by atoms with Crippen LogP contribution in [0.4, 0.5) is 0 Å². The van der Waals surface area contributed by atoms with Gasteiger partial charge in [-0.1, -0.05) is 23.7 Å². The molecule has 2 rings (SSSR count). The van der Waals surface area contributed by atoms with Gasteiger partial charge in [-0.15, -0.1) is 0 Å². The maximum absolute atomic E-state index is 11.1. The van der Waals surface area contributed by atoms with Crippen LogP contribution < -0.4 is 5.73 Å². The van der Waals surface area contributed by atoms with Crippen molar-refractivity contribution >= 4 is 17.5 Å². The van der Waals surface area contributed by atoms with Gasteiger partial charge in [0.25, 0.3) is 5.91 Å². The largest absolute Gasteiger partial charge is 0.364 e. The SMILES string of the molecule is Cc1c(-c2ccc(Cl)cc2)n[nH]c1C(N)=O. The average Bonchev–Trinajstić information content (AvgIpc) is 2.61. The number of nitrogens with zero attached hydrogens (tertiary/aromatic N) is 1. The van der Waals surface area contributed by atoms with Crippen molar-refractivity contribution in [1.82, 2.24) is 10.2 Å². The van der Waals surface area contributed by atoms with Crippen molar-refractivity contribution in [3.05, 3.63) is 40.5 Å². The Kier molecular flexibility index (Phi) is 2.66. The lowest BCUT2D eigenvalue weighted by atomic mass is 10.1. The molecule has 0 aliphatic rings. The summed E-state index contributed by atoms with van der Waals surface area (Å²) in [4.78, 5) is 11.1. The van der Waals surface area contributed by atoms with Crippen LogP contribution in [0.5, 0.6) is 0 Å². The maximum atomic E-state index is 11.1. The van der Waals surface area contributed by atoms with E-state index >= 15 is 0 Å².